The Morgan fingerprint density at radius 1 is 0.920 bits per heavy atom. The summed E-state index contributed by atoms with van der Waals surface area (Å²) in [6, 6.07) is 14.0. The number of rotatable bonds is 1. The van der Waals surface area contributed by atoms with Gasteiger partial charge in [0.2, 0.25) is 11.8 Å². The van der Waals surface area contributed by atoms with Crippen LogP contribution in [-0.4, -0.2) is 11.8 Å². The third-order valence-corrected chi connectivity index (χ3v) is 6.50. The zero-order valence-electron chi connectivity index (χ0n) is 13.1. The standard InChI is InChI=1S/C20H13N3O2/c21-9-19-14-6-7-15(20(19,10-22)18(25)23-17(19)24)16-12(8-13(14)16)11-4-2-1-3-5-11/h1-8,13-16H,(H,23,24,25). The van der Waals surface area contributed by atoms with Crippen LogP contribution in [0.5, 0.6) is 0 Å². The van der Waals surface area contributed by atoms with Crippen molar-refractivity contribution in [2.24, 2.45) is 34.5 Å². The predicted molar refractivity (Wildman–Crippen MR) is 86.8 cm³/mol. The molecule has 6 unspecified atom stereocenters. The number of nitrogens with zero attached hydrogens (tertiary/aromatic N) is 2. The van der Waals surface area contributed by atoms with Gasteiger partial charge in [-0.1, -0.05) is 48.6 Å². The molecule has 1 aliphatic heterocycles. The van der Waals surface area contributed by atoms with E-state index >= 15 is 0 Å². The van der Waals surface area contributed by atoms with Gasteiger partial charge in [-0.15, -0.1) is 0 Å². The van der Waals surface area contributed by atoms with Crippen molar-refractivity contribution in [1.29, 1.82) is 10.5 Å². The van der Waals surface area contributed by atoms with Crippen LogP contribution in [0.25, 0.3) is 5.57 Å². The van der Waals surface area contributed by atoms with Gasteiger partial charge in [-0.2, -0.15) is 10.5 Å². The molecule has 6 rings (SSSR count). The Morgan fingerprint density at radius 3 is 2.16 bits per heavy atom. The molecule has 2 amide bonds. The Labute approximate surface area is 144 Å². The zero-order chi connectivity index (χ0) is 17.4. The van der Waals surface area contributed by atoms with E-state index in [0.717, 1.165) is 11.1 Å². The van der Waals surface area contributed by atoms with Crippen LogP contribution >= 0.6 is 0 Å². The minimum absolute atomic E-state index is 0.00276. The van der Waals surface area contributed by atoms with Gasteiger partial charge in [0.1, 0.15) is 0 Å². The number of imide groups is 1. The Morgan fingerprint density at radius 2 is 1.52 bits per heavy atom. The van der Waals surface area contributed by atoms with Gasteiger partial charge in [0.25, 0.3) is 0 Å². The number of nitrogens with one attached hydrogen (secondary N) is 1. The van der Waals surface area contributed by atoms with Gasteiger partial charge in [-0.25, -0.2) is 0 Å². The first-order valence-corrected chi connectivity index (χ1v) is 8.25. The van der Waals surface area contributed by atoms with Crippen LogP contribution in [0.3, 0.4) is 0 Å². The van der Waals surface area contributed by atoms with E-state index in [1.807, 2.05) is 42.5 Å². The quantitative estimate of drug-likeness (QED) is 0.629. The highest BCUT2D eigenvalue weighted by Gasteiger charge is 2.80. The highest BCUT2D eigenvalue weighted by atomic mass is 16.2. The number of allylic oxidation sites excluding steroid dienone is 4. The molecule has 5 aliphatic rings. The molecule has 0 spiro atoms. The largest absolute Gasteiger partial charge is 0.293 e. The number of carbonyl (C=O) groups is 2. The van der Waals surface area contributed by atoms with Gasteiger partial charge in [0.05, 0.1) is 12.1 Å². The smallest absolute Gasteiger partial charge is 0.249 e. The lowest BCUT2D eigenvalue weighted by Crippen LogP contribution is -2.64. The molecule has 25 heavy (non-hydrogen) atoms. The molecule has 4 aliphatic carbocycles. The van der Waals surface area contributed by atoms with Gasteiger partial charge in [0.15, 0.2) is 10.8 Å². The minimum atomic E-state index is -1.65. The Kier molecular flexibility index (Phi) is 2.42. The summed E-state index contributed by atoms with van der Waals surface area (Å²) < 4.78 is 0. The summed E-state index contributed by atoms with van der Waals surface area (Å²) in [6.07, 6.45) is 5.83. The molecule has 2 fully saturated rings. The first kappa shape index (κ1) is 14.2. The second kappa shape index (κ2) is 4.26. The molecule has 0 aromatic heterocycles. The maximum Gasteiger partial charge on any atom is 0.249 e. The van der Waals surface area contributed by atoms with Crippen LogP contribution in [0.2, 0.25) is 0 Å². The van der Waals surface area contributed by atoms with Crippen molar-refractivity contribution in [2.45, 2.75) is 0 Å². The van der Waals surface area contributed by atoms with Gasteiger partial charge in [-0.3, -0.25) is 14.9 Å². The SMILES string of the molecule is N#CC12C(=O)NC(=O)C1(C#N)C1C=CC2C2C=C(c3ccccc3)C21. The minimum Gasteiger partial charge on any atom is -0.293 e. The van der Waals surface area contributed by atoms with Crippen molar-refractivity contribution >= 4 is 17.4 Å². The molecule has 1 saturated heterocycles. The molecule has 1 saturated carbocycles. The topological polar surface area (TPSA) is 93.8 Å². The first-order valence-electron chi connectivity index (χ1n) is 8.25. The number of hydrogen-bond donors (Lipinski definition) is 1. The molecular formula is C20H13N3O2. The second-order valence-corrected chi connectivity index (χ2v) is 7.15. The van der Waals surface area contributed by atoms with E-state index in [-0.39, 0.29) is 11.8 Å². The maximum atomic E-state index is 12.7. The van der Waals surface area contributed by atoms with Crippen molar-refractivity contribution in [3.63, 3.8) is 0 Å². The van der Waals surface area contributed by atoms with E-state index in [2.05, 4.69) is 23.5 Å². The molecule has 5 heteroatoms. The third kappa shape index (κ3) is 1.25. The molecule has 0 radical (unpaired) electrons. The van der Waals surface area contributed by atoms with Crippen LogP contribution in [-0.2, 0) is 9.59 Å². The Bertz CT molecular complexity index is 980. The van der Waals surface area contributed by atoms with Crippen molar-refractivity contribution in [3.05, 3.63) is 54.1 Å². The number of carbonyl (C=O) groups excluding carboxylic acids is 2. The summed E-state index contributed by atoms with van der Waals surface area (Å²) in [4.78, 5) is 25.3. The van der Waals surface area contributed by atoms with Crippen molar-refractivity contribution in [3.8, 4) is 12.1 Å². The average Bonchev–Trinajstić information content (AvgIpc) is 2.85. The number of amides is 2. The molecule has 2 bridgehead atoms. The normalized spacial score (nSPS) is 42.4. The van der Waals surface area contributed by atoms with E-state index < -0.39 is 34.5 Å². The van der Waals surface area contributed by atoms with E-state index in [0.29, 0.717) is 0 Å². The molecule has 6 atom stereocenters. The monoisotopic (exact) mass is 327 g/mol. The highest BCUT2D eigenvalue weighted by molar-refractivity contribution is 6.14. The van der Waals surface area contributed by atoms with Gasteiger partial charge in [0, 0.05) is 11.8 Å². The summed E-state index contributed by atoms with van der Waals surface area (Å²) in [7, 11) is 0. The van der Waals surface area contributed by atoms with Gasteiger partial charge < -0.3 is 0 Å². The molecule has 5 nitrogen and oxygen atoms in total. The Hall–Kier alpha value is -3.18. The fourth-order valence-corrected chi connectivity index (χ4v) is 5.44. The van der Waals surface area contributed by atoms with E-state index in [9.17, 15) is 20.1 Å². The number of benzene rings is 1. The van der Waals surface area contributed by atoms with E-state index in [4.69, 9.17) is 0 Å². The second-order valence-electron chi connectivity index (χ2n) is 7.15. The highest BCUT2D eigenvalue weighted by Crippen LogP contribution is 2.71. The summed E-state index contributed by atoms with van der Waals surface area (Å²) in [6.45, 7) is 0. The van der Waals surface area contributed by atoms with Gasteiger partial charge >= 0.3 is 0 Å². The van der Waals surface area contributed by atoms with Crippen LogP contribution < -0.4 is 5.32 Å². The average molecular weight is 327 g/mol. The van der Waals surface area contributed by atoms with Gasteiger partial charge in [-0.05, 0) is 23.0 Å². The van der Waals surface area contributed by atoms with Crippen LogP contribution in [0.15, 0.2) is 48.6 Å². The number of nitriles is 2. The lowest BCUT2D eigenvalue weighted by molar-refractivity contribution is -0.142. The van der Waals surface area contributed by atoms with Crippen molar-refractivity contribution in [1.82, 2.24) is 5.32 Å². The van der Waals surface area contributed by atoms with Crippen LogP contribution in [0, 0.1) is 57.2 Å². The molecule has 1 heterocycles. The van der Waals surface area contributed by atoms with E-state index in [1.165, 1.54) is 0 Å². The predicted octanol–water partition coefficient (Wildman–Crippen LogP) is 1.81. The van der Waals surface area contributed by atoms with Crippen LogP contribution in [0.4, 0.5) is 0 Å². The molecule has 1 aromatic rings. The van der Waals surface area contributed by atoms with E-state index in [1.54, 1.807) is 0 Å². The fourth-order valence-electron chi connectivity index (χ4n) is 5.44. The summed E-state index contributed by atoms with van der Waals surface area (Å²) >= 11 is 0. The third-order valence-electron chi connectivity index (χ3n) is 6.50. The molecule has 120 valence electrons. The maximum absolute atomic E-state index is 12.7. The first-order chi connectivity index (χ1) is 12.1. The molecular weight excluding hydrogens is 314 g/mol. The molecule has 1 aromatic carbocycles. The number of hydrogen-bond acceptors (Lipinski definition) is 4. The van der Waals surface area contributed by atoms with Crippen LogP contribution in [0.1, 0.15) is 5.56 Å². The molecule has 1 N–H and O–H groups in total. The summed E-state index contributed by atoms with van der Waals surface area (Å²) in [5.41, 5.74) is -1.12. The lowest BCUT2D eigenvalue weighted by Gasteiger charge is -2.60. The summed E-state index contributed by atoms with van der Waals surface area (Å²) in [5.74, 6) is -2.19. The van der Waals surface area contributed by atoms with Crippen molar-refractivity contribution in [2.75, 3.05) is 0 Å². The lowest BCUT2D eigenvalue weighted by atomic mass is 9.37. The Balaban J connectivity index is 1.74. The summed E-state index contributed by atoms with van der Waals surface area (Å²) in [5, 5.41) is 22.2. The fraction of sp³-hybridized carbons (Fsp3) is 0.300. The van der Waals surface area contributed by atoms with Crippen molar-refractivity contribution < 1.29 is 9.59 Å². The zero-order valence-corrected chi connectivity index (χ0v) is 13.1.